The van der Waals surface area contributed by atoms with E-state index in [9.17, 15) is 15.0 Å². The van der Waals surface area contributed by atoms with E-state index in [-0.39, 0.29) is 10.7 Å². The number of carboxylic acid groups (broad SMARTS) is 1. The average Bonchev–Trinajstić information content (AvgIpc) is 2.92. The monoisotopic (exact) mass is 346 g/mol. The number of thioether (sulfide) groups is 1. The number of rotatable bonds is 4. The molecule has 0 saturated heterocycles. The van der Waals surface area contributed by atoms with Crippen LogP contribution in [0.2, 0.25) is 5.02 Å². The number of imidazole rings is 1. The van der Waals surface area contributed by atoms with E-state index < -0.39 is 5.97 Å². The average molecular weight is 347 g/mol. The molecule has 3 aromatic rings. The van der Waals surface area contributed by atoms with Gasteiger partial charge in [0.2, 0.25) is 0 Å². The number of aromatic hydroxyl groups is 1. The number of para-hydroxylation sites is 2. The number of phenols is 1. The molecule has 0 saturated carbocycles. The van der Waals surface area contributed by atoms with E-state index in [0.29, 0.717) is 15.7 Å². The van der Waals surface area contributed by atoms with Crippen molar-refractivity contribution in [3.63, 3.8) is 0 Å². The van der Waals surface area contributed by atoms with E-state index in [0.717, 1.165) is 22.8 Å². The number of benzene rings is 2. The Balaban J connectivity index is 1.97. The van der Waals surface area contributed by atoms with Crippen LogP contribution in [0.4, 0.5) is 0 Å². The molecule has 0 unspecified atom stereocenters. The minimum atomic E-state index is -1.12. The van der Waals surface area contributed by atoms with Crippen LogP contribution in [0.5, 0.6) is 5.75 Å². The number of hydrogen-bond donors (Lipinski definition) is 3. The fourth-order valence-electron chi connectivity index (χ4n) is 2.00. The topological polar surface area (TPSA) is 86.2 Å². The van der Waals surface area contributed by atoms with Crippen LogP contribution in [-0.4, -0.2) is 26.2 Å². The smallest absolute Gasteiger partial charge is 0.342 e. The Labute approximate surface area is 140 Å². The fourth-order valence-corrected chi connectivity index (χ4v) is 2.97. The molecule has 3 rings (SSSR count). The summed E-state index contributed by atoms with van der Waals surface area (Å²) in [6.07, 6.45) is 1.36. The van der Waals surface area contributed by atoms with Gasteiger partial charge in [-0.1, -0.05) is 23.7 Å². The molecule has 0 spiro atoms. The molecule has 1 aromatic heterocycles. The van der Waals surface area contributed by atoms with Crippen LogP contribution < -0.4 is 0 Å². The van der Waals surface area contributed by atoms with Gasteiger partial charge in [-0.05, 0) is 48.2 Å². The number of carbonyl (C=O) groups is 1. The standard InChI is InChI=1S/C16H11ClN2O3S/c17-10-5-6-13(20)9(7-10)8-14(15(21)22)23-16-18-11-3-1-2-4-12(11)19-16/h1-8,20H,(H,18,19)(H,21,22)/b14-8-. The first-order valence-electron chi connectivity index (χ1n) is 6.59. The highest BCUT2D eigenvalue weighted by molar-refractivity contribution is 8.04. The van der Waals surface area contributed by atoms with Gasteiger partial charge >= 0.3 is 5.97 Å². The van der Waals surface area contributed by atoms with Crippen LogP contribution in [-0.2, 0) is 4.79 Å². The molecule has 0 aliphatic heterocycles. The first kappa shape index (κ1) is 15.5. The molecule has 0 atom stereocenters. The van der Waals surface area contributed by atoms with Gasteiger partial charge in [0.05, 0.1) is 11.0 Å². The number of hydrogen-bond acceptors (Lipinski definition) is 4. The van der Waals surface area contributed by atoms with Gasteiger partial charge in [0.25, 0.3) is 0 Å². The van der Waals surface area contributed by atoms with Crippen molar-refractivity contribution in [2.45, 2.75) is 5.16 Å². The SMILES string of the molecule is O=C(O)/C(=C/c1cc(Cl)ccc1O)Sc1nc2ccccc2[nH]1. The lowest BCUT2D eigenvalue weighted by molar-refractivity contribution is -0.131. The summed E-state index contributed by atoms with van der Waals surface area (Å²) in [5.41, 5.74) is 1.91. The van der Waals surface area contributed by atoms with Gasteiger partial charge in [-0.15, -0.1) is 0 Å². The molecule has 0 amide bonds. The molecule has 23 heavy (non-hydrogen) atoms. The number of halogens is 1. The summed E-state index contributed by atoms with van der Waals surface area (Å²) in [5.74, 6) is -1.16. The second-order valence-electron chi connectivity index (χ2n) is 4.68. The molecule has 0 bridgehead atoms. The van der Waals surface area contributed by atoms with Crippen molar-refractivity contribution in [3.8, 4) is 5.75 Å². The van der Waals surface area contributed by atoms with E-state index in [2.05, 4.69) is 9.97 Å². The van der Waals surface area contributed by atoms with Crippen molar-refractivity contribution in [2.24, 2.45) is 0 Å². The van der Waals surface area contributed by atoms with Crippen LogP contribution in [0, 0.1) is 0 Å². The van der Waals surface area contributed by atoms with Crippen molar-refractivity contribution in [3.05, 3.63) is 58.0 Å². The Bertz CT molecular complexity index is 888. The Morgan fingerprint density at radius 3 is 2.78 bits per heavy atom. The van der Waals surface area contributed by atoms with E-state index in [1.807, 2.05) is 24.3 Å². The fraction of sp³-hybridized carbons (Fsp3) is 0. The Morgan fingerprint density at radius 2 is 2.04 bits per heavy atom. The Morgan fingerprint density at radius 1 is 1.26 bits per heavy atom. The van der Waals surface area contributed by atoms with Crippen molar-refractivity contribution in [1.82, 2.24) is 9.97 Å². The summed E-state index contributed by atoms with van der Waals surface area (Å²) in [7, 11) is 0. The molecule has 0 aliphatic rings. The van der Waals surface area contributed by atoms with Gasteiger partial charge in [-0.3, -0.25) is 0 Å². The third-order valence-electron chi connectivity index (χ3n) is 3.06. The zero-order valence-electron chi connectivity index (χ0n) is 11.7. The maximum Gasteiger partial charge on any atom is 0.342 e. The number of fused-ring (bicyclic) bond motifs is 1. The molecule has 0 radical (unpaired) electrons. The lowest BCUT2D eigenvalue weighted by atomic mass is 10.2. The molecule has 2 aromatic carbocycles. The highest BCUT2D eigenvalue weighted by Gasteiger charge is 2.14. The maximum absolute atomic E-state index is 11.5. The highest BCUT2D eigenvalue weighted by atomic mass is 35.5. The van der Waals surface area contributed by atoms with Gasteiger partial charge in [-0.2, -0.15) is 0 Å². The number of carboxylic acids is 1. The number of nitrogens with one attached hydrogen (secondary N) is 1. The number of aliphatic carboxylic acids is 1. The van der Waals surface area contributed by atoms with Gasteiger partial charge in [0, 0.05) is 10.6 Å². The first-order chi connectivity index (χ1) is 11.0. The van der Waals surface area contributed by atoms with Gasteiger partial charge < -0.3 is 15.2 Å². The van der Waals surface area contributed by atoms with E-state index in [4.69, 9.17) is 11.6 Å². The summed E-state index contributed by atoms with van der Waals surface area (Å²) in [5, 5.41) is 20.1. The predicted octanol–water partition coefficient (Wildman–Crippen LogP) is 4.14. The normalized spacial score (nSPS) is 11.8. The lowest BCUT2D eigenvalue weighted by Crippen LogP contribution is -1.97. The van der Waals surface area contributed by atoms with Crippen LogP contribution in [0.1, 0.15) is 5.56 Å². The van der Waals surface area contributed by atoms with Crippen molar-refractivity contribution < 1.29 is 15.0 Å². The maximum atomic E-state index is 11.5. The van der Waals surface area contributed by atoms with E-state index >= 15 is 0 Å². The highest BCUT2D eigenvalue weighted by Crippen LogP contribution is 2.31. The zero-order chi connectivity index (χ0) is 16.4. The first-order valence-corrected chi connectivity index (χ1v) is 7.78. The van der Waals surface area contributed by atoms with Gasteiger partial charge in [0.1, 0.15) is 10.7 Å². The summed E-state index contributed by atoms with van der Waals surface area (Å²) in [4.78, 5) is 18.9. The van der Waals surface area contributed by atoms with Crippen molar-refractivity contribution in [2.75, 3.05) is 0 Å². The number of aromatic amines is 1. The summed E-state index contributed by atoms with van der Waals surface area (Å²) in [6, 6.07) is 11.9. The molecule has 5 nitrogen and oxygen atoms in total. The Kier molecular flexibility index (Phi) is 4.27. The minimum absolute atomic E-state index is 0.0154. The van der Waals surface area contributed by atoms with Crippen LogP contribution in [0.25, 0.3) is 17.1 Å². The largest absolute Gasteiger partial charge is 0.507 e. The van der Waals surface area contributed by atoms with E-state index in [1.54, 1.807) is 0 Å². The molecule has 7 heteroatoms. The Hall–Kier alpha value is -2.44. The van der Waals surface area contributed by atoms with Crippen LogP contribution in [0.15, 0.2) is 52.5 Å². The molecular weight excluding hydrogens is 336 g/mol. The van der Waals surface area contributed by atoms with Crippen molar-refractivity contribution >= 4 is 46.4 Å². The second-order valence-corrected chi connectivity index (χ2v) is 6.15. The van der Waals surface area contributed by atoms with Crippen LogP contribution in [0.3, 0.4) is 0 Å². The van der Waals surface area contributed by atoms with Crippen molar-refractivity contribution in [1.29, 1.82) is 0 Å². The quantitative estimate of drug-likeness (QED) is 0.488. The molecule has 0 fully saturated rings. The number of phenolic OH excluding ortho intramolecular Hbond substituents is 1. The third-order valence-corrected chi connectivity index (χ3v) is 4.20. The number of aromatic nitrogens is 2. The van der Waals surface area contributed by atoms with Crippen LogP contribution >= 0.6 is 23.4 Å². The summed E-state index contributed by atoms with van der Waals surface area (Å²) < 4.78 is 0. The second kappa shape index (κ2) is 6.36. The number of nitrogens with zero attached hydrogens (tertiary/aromatic N) is 1. The predicted molar refractivity (Wildman–Crippen MR) is 90.7 cm³/mol. The van der Waals surface area contributed by atoms with Gasteiger partial charge in [0.15, 0.2) is 5.16 Å². The number of H-pyrrole nitrogens is 1. The minimum Gasteiger partial charge on any atom is -0.507 e. The third kappa shape index (κ3) is 3.49. The molecular formula is C16H11ClN2O3S. The lowest BCUT2D eigenvalue weighted by Gasteiger charge is -2.03. The summed E-state index contributed by atoms with van der Waals surface area (Å²) >= 11 is 6.85. The van der Waals surface area contributed by atoms with Gasteiger partial charge in [-0.25, -0.2) is 9.78 Å². The molecule has 0 aliphatic carbocycles. The van der Waals surface area contributed by atoms with E-state index in [1.165, 1.54) is 24.3 Å². The molecule has 116 valence electrons. The molecule has 3 N–H and O–H groups in total. The molecule has 1 heterocycles. The zero-order valence-corrected chi connectivity index (χ0v) is 13.2. The summed E-state index contributed by atoms with van der Waals surface area (Å²) in [6.45, 7) is 0.